The highest BCUT2D eigenvalue weighted by Gasteiger charge is 2.09. The van der Waals surface area contributed by atoms with Crippen LogP contribution in [0, 0.1) is 0 Å². The van der Waals surface area contributed by atoms with E-state index < -0.39 is 0 Å². The first-order valence-electron chi connectivity index (χ1n) is 4.53. The Balaban J connectivity index is 2.22. The Hall–Kier alpha value is -2.23. The summed E-state index contributed by atoms with van der Waals surface area (Å²) in [4.78, 5) is 4.28. The van der Waals surface area contributed by atoms with Crippen molar-refractivity contribution in [2.24, 2.45) is 0 Å². The summed E-state index contributed by atoms with van der Waals surface area (Å²) in [5.41, 5.74) is 7.74. The van der Waals surface area contributed by atoms with Gasteiger partial charge in [-0.05, 0) is 24.3 Å². The second-order valence-electron chi connectivity index (χ2n) is 3.22. The minimum atomic E-state index is 0.473. The van der Waals surface area contributed by atoms with Gasteiger partial charge in [0.15, 0.2) is 11.3 Å². The summed E-state index contributed by atoms with van der Waals surface area (Å²) < 4.78 is 10.7. The summed E-state index contributed by atoms with van der Waals surface area (Å²) in [6, 6.07) is 8.94. The third-order valence-electron chi connectivity index (χ3n) is 2.14. The fourth-order valence-electron chi connectivity index (χ4n) is 1.45. The third-order valence-corrected chi connectivity index (χ3v) is 2.14. The summed E-state index contributed by atoms with van der Waals surface area (Å²) in [6.07, 6.45) is 1.58. The van der Waals surface area contributed by atoms with E-state index in [1.165, 1.54) is 0 Å². The fourth-order valence-corrected chi connectivity index (χ4v) is 1.45. The minimum Gasteiger partial charge on any atom is -0.459 e. The monoisotopic (exact) mass is 200 g/mol. The van der Waals surface area contributed by atoms with Gasteiger partial charge in [0.05, 0.1) is 6.26 Å². The summed E-state index contributed by atoms with van der Waals surface area (Å²) in [5.74, 6) is 1.09. The zero-order chi connectivity index (χ0) is 10.3. The molecule has 3 aromatic rings. The van der Waals surface area contributed by atoms with E-state index in [1.807, 2.05) is 6.07 Å². The fraction of sp³-hybridized carbons (Fsp3) is 0. The molecule has 0 saturated heterocycles. The number of anilines is 1. The Bertz CT molecular complexity index is 596. The average molecular weight is 200 g/mol. The van der Waals surface area contributed by atoms with Crippen LogP contribution < -0.4 is 5.73 Å². The van der Waals surface area contributed by atoms with Crippen molar-refractivity contribution in [1.82, 2.24) is 4.98 Å². The van der Waals surface area contributed by atoms with Gasteiger partial charge in [0, 0.05) is 11.8 Å². The highest BCUT2D eigenvalue weighted by Crippen LogP contribution is 2.25. The van der Waals surface area contributed by atoms with Crippen molar-refractivity contribution in [2.45, 2.75) is 0 Å². The van der Waals surface area contributed by atoms with E-state index in [-0.39, 0.29) is 0 Å². The number of nitrogens with zero attached hydrogens (tertiary/aromatic N) is 1. The van der Waals surface area contributed by atoms with E-state index in [2.05, 4.69) is 4.98 Å². The molecule has 0 amide bonds. The number of hydrogen-bond acceptors (Lipinski definition) is 4. The van der Waals surface area contributed by atoms with Gasteiger partial charge < -0.3 is 14.6 Å². The number of aromatic nitrogens is 1. The van der Waals surface area contributed by atoms with Crippen molar-refractivity contribution in [3.63, 3.8) is 0 Å². The van der Waals surface area contributed by atoms with Crippen LogP contribution >= 0.6 is 0 Å². The van der Waals surface area contributed by atoms with Gasteiger partial charge in [0.2, 0.25) is 0 Å². The van der Waals surface area contributed by atoms with E-state index in [0.29, 0.717) is 22.9 Å². The summed E-state index contributed by atoms with van der Waals surface area (Å²) in [5, 5.41) is 0. The zero-order valence-corrected chi connectivity index (χ0v) is 7.81. The van der Waals surface area contributed by atoms with Crippen LogP contribution in [0.2, 0.25) is 0 Å². The number of rotatable bonds is 1. The molecule has 2 aromatic heterocycles. The number of hydrogen-bond donors (Lipinski definition) is 1. The molecule has 0 aliphatic rings. The zero-order valence-electron chi connectivity index (χ0n) is 7.81. The highest BCUT2D eigenvalue weighted by atomic mass is 16.4. The van der Waals surface area contributed by atoms with Crippen LogP contribution in [0.15, 0.2) is 45.4 Å². The molecule has 0 aliphatic carbocycles. The summed E-state index contributed by atoms with van der Waals surface area (Å²) in [7, 11) is 0. The molecule has 0 aliphatic heterocycles. The van der Waals surface area contributed by atoms with E-state index >= 15 is 0 Å². The van der Waals surface area contributed by atoms with E-state index in [4.69, 9.17) is 14.6 Å². The van der Waals surface area contributed by atoms with Gasteiger partial charge in [-0.2, -0.15) is 0 Å². The Morgan fingerprint density at radius 1 is 1.20 bits per heavy atom. The van der Waals surface area contributed by atoms with Crippen LogP contribution in [0.5, 0.6) is 0 Å². The van der Waals surface area contributed by atoms with Gasteiger partial charge in [-0.25, -0.2) is 4.98 Å². The molecule has 0 saturated carbocycles. The molecule has 0 fully saturated rings. The number of fused-ring (bicyclic) bond motifs is 1. The molecule has 0 atom stereocenters. The summed E-state index contributed by atoms with van der Waals surface area (Å²) >= 11 is 0. The smallest absolute Gasteiger partial charge is 0.263 e. The molecule has 0 radical (unpaired) electrons. The normalized spacial score (nSPS) is 10.9. The molecule has 4 nitrogen and oxygen atoms in total. The Labute approximate surface area is 85.3 Å². The molecule has 0 unspecified atom stereocenters. The maximum absolute atomic E-state index is 5.64. The highest BCUT2D eigenvalue weighted by molar-refractivity contribution is 5.78. The Kier molecular flexibility index (Phi) is 1.56. The first-order chi connectivity index (χ1) is 7.33. The van der Waals surface area contributed by atoms with Gasteiger partial charge in [0.25, 0.3) is 5.89 Å². The molecule has 1 aromatic carbocycles. The number of nitrogen functional groups attached to an aromatic ring is 1. The first kappa shape index (κ1) is 8.11. The van der Waals surface area contributed by atoms with Crippen LogP contribution in [0.1, 0.15) is 0 Å². The molecule has 2 N–H and O–H groups in total. The van der Waals surface area contributed by atoms with Crippen LogP contribution in [0.3, 0.4) is 0 Å². The van der Waals surface area contributed by atoms with E-state index in [9.17, 15) is 0 Å². The van der Waals surface area contributed by atoms with Crippen molar-refractivity contribution < 1.29 is 8.83 Å². The number of furan rings is 1. The predicted octanol–water partition coefficient (Wildman–Crippen LogP) is 2.67. The molecular formula is C11H8N2O2. The van der Waals surface area contributed by atoms with Crippen molar-refractivity contribution in [1.29, 1.82) is 0 Å². The Morgan fingerprint density at radius 2 is 2.13 bits per heavy atom. The molecule has 15 heavy (non-hydrogen) atoms. The molecule has 2 heterocycles. The lowest BCUT2D eigenvalue weighted by Crippen LogP contribution is -1.81. The van der Waals surface area contributed by atoms with Gasteiger partial charge in [-0.1, -0.05) is 0 Å². The van der Waals surface area contributed by atoms with Crippen molar-refractivity contribution in [3.05, 3.63) is 36.6 Å². The summed E-state index contributed by atoms with van der Waals surface area (Å²) in [6.45, 7) is 0. The molecular weight excluding hydrogens is 192 g/mol. The number of benzene rings is 1. The van der Waals surface area contributed by atoms with E-state index in [0.717, 1.165) is 5.52 Å². The van der Waals surface area contributed by atoms with Crippen LogP contribution in [0.4, 0.5) is 5.69 Å². The standard InChI is InChI=1S/C11H8N2O2/c12-7-3-4-8-10(6-7)15-11(13-8)9-2-1-5-14-9/h1-6H,12H2. The predicted molar refractivity (Wildman–Crippen MR) is 56.1 cm³/mol. The first-order valence-corrected chi connectivity index (χ1v) is 4.53. The largest absolute Gasteiger partial charge is 0.459 e. The quantitative estimate of drug-likeness (QED) is 0.613. The van der Waals surface area contributed by atoms with Gasteiger partial charge in [-0.3, -0.25) is 0 Å². The molecule has 4 heteroatoms. The lowest BCUT2D eigenvalue weighted by molar-refractivity contribution is 0.535. The van der Waals surface area contributed by atoms with Crippen LogP contribution in [0.25, 0.3) is 22.8 Å². The number of nitrogens with two attached hydrogens (primary N) is 1. The lowest BCUT2D eigenvalue weighted by atomic mass is 10.3. The Morgan fingerprint density at radius 3 is 2.93 bits per heavy atom. The third kappa shape index (κ3) is 1.27. The SMILES string of the molecule is Nc1ccc2nc(-c3ccco3)oc2c1. The van der Waals surface area contributed by atoms with Gasteiger partial charge >= 0.3 is 0 Å². The molecule has 0 bridgehead atoms. The maximum atomic E-state index is 5.64. The minimum absolute atomic E-state index is 0.473. The van der Waals surface area contributed by atoms with Crippen LogP contribution in [-0.2, 0) is 0 Å². The second-order valence-corrected chi connectivity index (χ2v) is 3.22. The average Bonchev–Trinajstić information content (AvgIpc) is 2.84. The van der Waals surface area contributed by atoms with Crippen molar-refractivity contribution >= 4 is 16.8 Å². The van der Waals surface area contributed by atoms with Crippen molar-refractivity contribution in [2.75, 3.05) is 5.73 Å². The van der Waals surface area contributed by atoms with Crippen LogP contribution in [-0.4, -0.2) is 4.98 Å². The van der Waals surface area contributed by atoms with Gasteiger partial charge in [0.1, 0.15) is 5.52 Å². The molecule has 74 valence electrons. The molecule has 3 rings (SSSR count). The maximum Gasteiger partial charge on any atom is 0.263 e. The lowest BCUT2D eigenvalue weighted by Gasteiger charge is -1.88. The van der Waals surface area contributed by atoms with Crippen molar-refractivity contribution in [3.8, 4) is 11.7 Å². The molecule has 0 spiro atoms. The topological polar surface area (TPSA) is 65.2 Å². The second kappa shape index (κ2) is 2.88. The number of oxazole rings is 1. The van der Waals surface area contributed by atoms with Gasteiger partial charge in [-0.15, -0.1) is 0 Å². The van der Waals surface area contributed by atoms with E-state index in [1.54, 1.807) is 30.5 Å².